The van der Waals surface area contributed by atoms with Gasteiger partial charge in [0.05, 0.1) is 15.6 Å². The van der Waals surface area contributed by atoms with Gasteiger partial charge in [0.15, 0.2) is 0 Å². The van der Waals surface area contributed by atoms with Gasteiger partial charge in [-0.3, -0.25) is 24.6 Å². The second kappa shape index (κ2) is 6.85. The molecule has 148 valence electrons. The quantitative estimate of drug-likeness (QED) is 0.452. The van der Waals surface area contributed by atoms with E-state index in [4.69, 9.17) is 11.6 Å². The molecule has 1 heterocycles. The van der Waals surface area contributed by atoms with Gasteiger partial charge >= 0.3 is 6.03 Å². The Bertz CT molecular complexity index is 1070. The van der Waals surface area contributed by atoms with E-state index in [9.17, 15) is 24.5 Å². The molecule has 1 atom stereocenters. The number of nitro groups is 1. The Morgan fingerprint density at radius 3 is 2.76 bits per heavy atom. The summed E-state index contributed by atoms with van der Waals surface area (Å²) in [6.07, 6.45) is 1.09. The number of aryl methyl sites for hydroxylation is 1. The molecule has 2 aliphatic rings. The molecule has 1 aliphatic carbocycles. The zero-order valence-electron chi connectivity index (χ0n) is 15.0. The molecule has 1 saturated heterocycles. The van der Waals surface area contributed by atoms with E-state index in [2.05, 4.69) is 10.6 Å². The van der Waals surface area contributed by atoms with Gasteiger partial charge in [-0.1, -0.05) is 35.9 Å². The number of non-ortho nitro benzene ring substituents is 1. The number of carbonyl (C=O) groups excluding carboxylic acids is 3. The molecule has 0 saturated carbocycles. The van der Waals surface area contributed by atoms with E-state index in [1.54, 1.807) is 12.1 Å². The van der Waals surface area contributed by atoms with Crippen molar-refractivity contribution in [2.45, 2.75) is 18.4 Å². The average molecular weight is 415 g/mol. The van der Waals surface area contributed by atoms with Gasteiger partial charge in [-0.15, -0.1) is 0 Å². The van der Waals surface area contributed by atoms with Crippen molar-refractivity contribution in [1.29, 1.82) is 0 Å². The number of halogens is 1. The molecule has 1 aliphatic heterocycles. The fraction of sp³-hybridized carbons (Fsp3) is 0.211. The van der Waals surface area contributed by atoms with Gasteiger partial charge in [0.2, 0.25) is 5.91 Å². The molecule has 2 aromatic carbocycles. The van der Waals surface area contributed by atoms with E-state index in [1.165, 1.54) is 12.1 Å². The predicted octanol–water partition coefficient (Wildman–Crippen LogP) is 2.58. The van der Waals surface area contributed by atoms with Gasteiger partial charge in [-0.05, 0) is 30.0 Å². The number of amides is 4. The van der Waals surface area contributed by atoms with Crippen molar-refractivity contribution in [2.75, 3.05) is 11.9 Å². The summed E-state index contributed by atoms with van der Waals surface area (Å²) >= 11 is 5.97. The van der Waals surface area contributed by atoms with Crippen LogP contribution in [0.4, 0.5) is 16.2 Å². The van der Waals surface area contributed by atoms with Crippen molar-refractivity contribution in [1.82, 2.24) is 10.2 Å². The molecule has 4 amide bonds. The summed E-state index contributed by atoms with van der Waals surface area (Å²) in [4.78, 5) is 48.9. The third kappa shape index (κ3) is 3.09. The molecule has 4 rings (SSSR count). The minimum atomic E-state index is -1.14. The van der Waals surface area contributed by atoms with Crippen molar-refractivity contribution in [3.63, 3.8) is 0 Å². The second-order valence-corrected chi connectivity index (χ2v) is 7.26. The Labute approximate surface area is 169 Å². The maximum absolute atomic E-state index is 13.0. The Morgan fingerprint density at radius 1 is 1.28 bits per heavy atom. The van der Waals surface area contributed by atoms with Crippen LogP contribution < -0.4 is 10.6 Å². The average Bonchev–Trinajstić information content (AvgIpc) is 3.17. The third-order valence-electron chi connectivity index (χ3n) is 5.16. The van der Waals surface area contributed by atoms with Crippen molar-refractivity contribution < 1.29 is 19.3 Å². The number of hydrogen-bond donors (Lipinski definition) is 2. The van der Waals surface area contributed by atoms with E-state index in [1.807, 2.05) is 12.1 Å². The lowest BCUT2D eigenvalue weighted by atomic mass is 9.92. The highest BCUT2D eigenvalue weighted by Gasteiger charge is 2.55. The summed E-state index contributed by atoms with van der Waals surface area (Å²) in [6.45, 7) is -0.498. The molecular formula is C19H15ClN4O5. The number of fused-ring (bicyclic) bond motifs is 2. The van der Waals surface area contributed by atoms with Crippen molar-refractivity contribution >= 4 is 40.8 Å². The maximum Gasteiger partial charge on any atom is 0.325 e. The van der Waals surface area contributed by atoms with Crippen LogP contribution in [0.2, 0.25) is 5.02 Å². The highest BCUT2D eigenvalue weighted by Crippen LogP contribution is 2.41. The molecule has 10 heteroatoms. The van der Waals surface area contributed by atoms with Crippen LogP contribution in [0.5, 0.6) is 0 Å². The lowest BCUT2D eigenvalue weighted by Gasteiger charge is -2.22. The standard InChI is InChI=1S/C19H15ClN4O5/c20-14-9-12(24(28)29)5-6-15(14)21-16(25)10-23-17(26)19(22-18(23)27)8-7-11-3-1-2-4-13(11)19/h1-6,9H,7-8,10H2,(H,21,25)(H,22,27)/t19-/m1/s1. The molecule has 9 nitrogen and oxygen atoms in total. The van der Waals surface area contributed by atoms with Gasteiger partial charge in [0, 0.05) is 12.1 Å². The van der Waals surface area contributed by atoms with Gasteiger partial charge in [-0.25, -0.2) is 4.79 Å². The fourth-order valence-electron chi connectivity index (χ4n) is 3.79. The lowest BCUT2D eigenvalue weighted by Crippen LogP contribution is -2.43. The number of nitrogens with zero attached hydrogens (tertiary/aromatic N) is 2. The number of nitrogens with one attached hydrogen (secondary N) is 2. The monoisotopic (exact) mass is 414 g/mol. The summed E-state index contributed by atoms with van der Waals surface area (Å²) in [5.41, 5.74) is 0.530. The molecule has 1 fully saturated rings. The predicted molar refractivity (Wildman–Crippen MR) is 103 cm³/mol. The largest absolute Gasteiger partial charge is 0.325 e. The molecule has 29 heavy (non-hydrogen) atoms. The lowest BCUT2D eigenvalue weighted by molar-refractivity contribution is -0.384. The van der Waals surface area contributed by atoms with Crippen molar-refractivity contribution in [2.24, 2.45) is 0 Å². The minimum Gasteiger partial charge on any atom is -0.323 e. The number of benzene rings is 2. The van der Waals surface area contributed by atoms with Crippen molar-refractivity contribution in [3.8, 4) is 0 Å². The highest BCUT2D eigenvalue weighted by atomic mass is 35.5. The topological polar surface area (TPSA) is 122 Å². The normalized spacial score (nSPS) is 20.0. The Hall–Kier alpha value is -3.46. The van der Waals surface area contributed by atoms with E-state index in [0.29, 0.717) is 12.8 Å². The Kier molecular flexibility index (Phi) is 4.46. The van der Waals surface area contributed by atoms with E-state index in [-0.39, 0.29) is 16.4 Å². The highest BCUT2D eigenvalue weighted by molar-refractivity contribution is 6.34. The van der Waals surface area contributed by atoms with Crippen LogP contribution in [0.15, 0.2) is 42.5 Å². The molecular weight excluding hydrogens is 400 g/mol. The summed E-state index contributed by atoms with van der Waals surface area (Å²) in [6, 6.07) is 10.3. The van der Waals surface area contributed by atoms with E-state index < -0.39 is 34.9 Å². The Balaban J connectivity index is 1.50. The Morgan fingerprint density at radius 2 is 2.03 bits per heavy atom. The van der Waals surface area contributed by atoms with Crippen LogP contribution >= 0.6 is 11.6 Å². The third-order valence-corrected chi connectivity index (χ3v) is 5.47. The molecule has 1 spiro atoms. The smallest absolute Gasteiger partial charge is 0.323 e. The summed E-state index contributed by atoms with van der Waals surface area (Å²) in [5.74, 6) is -1.12. The van der Waals surface area contributed by atoms with Gasteiger partial charge in [-0.2, -0.15) is 0 Å². The molecule has 0 bridgehead atoms. The second-order valence-electron chi connectivity index (χ2n) is 6.85. The van der Waals surface area contributed by atoms with Crippen LogP contribution in [0.3, 0.4) is 0 Å². The number of urea groups is 1. The number of rotatable bonds is 4. The molecule has 0 aromatic heterocycles. The van der Waals surface area contributed by atoms with Crippen LogP contribution in [-0.2, 0) is 21.5 Å². The van der Waals surface area contributed by atoms with Gasteiger partial charge in [0.25, 0.3) is 11.6 Å². The van der Waals surface area contributed by atoms with E-state index >= 15 is 0 Å². The van der Waals surface area contributed by atoms with Crippen LogP contribution in [0.25, 0.3) is 0 Å². The number of anilines is 1. The minimum absolute atomic E-state index is 0.0223. The first-order valence-corrected chi connectivity index (χ1v) is 9.16. The van der Waals surface area contributed by atoms with E-state index in [0.717, 1.165) is 22.1 Å². The van der Waals surface area contributed by atoms with Crippen LogP contribution in [0, 0.1) is 10.1 Å². The van der Waals surface area contributed by atoms with Gasteiger partial charge < -0.3 is 10.6 Å². The zero-order chi connectivity index (χ0) is 20.8. The summed E-state index contributed by atoms with van der Waals surface area (Å²) in [5, 5.41) is 16.0. The zero-order valence-corrected chi connectivity index (χ0v) is 15.7. The van der Waals surface area contributed by atoms with Crippen LogP contribution in [0.1, 0.15) is 17.5 Å². The first-order chi connectivity index (χ1) is 13.8. The molecule has 2 aromatic rings. The maximum atomic E-state index is 13.0. The van der Waals surface area contributed by atoms with Crippen molar-refractivity contribution in [3.05, 3.63) is 68.7 Å². The molecule has 0 unspecified atom stereocenters. The van der Waals surface area contributed by atoms with Crippen LogP contribution in [-0.4, -0.2) is 34.2 Å². The number of carbonyl (C=O) groups is 3. The first-order valence-electron chi connectivity index (χ1n) is 8.78. The number of imide groups is 1. The molecule has 0 radical (unpaired) electrons. The molecule has 2 N–H and O–H groups in total. The summed E-state index contributed by atoms with van der Waals surface area (Å²) < 4.78 is 0. The first kappa shape index (κ1) is 18.9. The van der Waals surface area contributed by atoms with Gasteiger partial charge in [0.1, 0.15) is 12.1 Å². The number of nitro benzene ring substituents is 1. The number of hydrogen-bond acceptors (Lipinski definition) is 5. The SMILES string of the molecule is O=C(CN1C(=O)N[C@@]2(CCc3ccccc32)C1=O)Nc1ccc([N+](=O)[O-])cc1Cl. The fourth-order valence-corrected chi connectivity index (χ4v) is 4.01. The summed E-state index contributed by atoms with van der Waals surface area (Å²) in [7, 11) is 0.